The molecule has 0 N–H and O–H groups in total. The first-order valence-electron chi connectivity index (χ1n) is 18.5. The number of benzene rings is 9. The molecule has 258 valence electrons. The molecule has 0 aliphatic heterocycles. The standard InChI is InChI=1S/C51H32N2O2/c1-3-12-33(13-4-1)36-17-11-18-40(28-36)53(47-30-38-16-7-8-19-41(38)42-20-9-10-21-43(42)47)39-25-22-34(23-26-39)37-24-27-48-44(29-37)45-31-50-46(32-49(45)54-48)52-51(55-50)35-14-5-2-6-15-35/h1-32H. The summed E-state index contributed by atoms with van der Waals surface area (Å²) < 4.78 is 12.6. The Balaban J connectivity index is 1.03. The van der Waals surface area contributed by atoms with Gasteiger partial charge in [0.15, 0.2) is 5.58 Å². The van der Waals surface area contributed by atoms with Gasteiger partial charge in [0, 0.05) is 39.2 Å². The van der Waals surface area contributed by atoms with Crippen LogP contribution in [0.2, 0.25) is 0 Å². The van der Waals surface area contributed by atoms with E-state index in [0.29, 0.717) is 5.89 Å². The maximum Gasteiger partial charge on any atom is 0.227 e. The summed E-state index contributed by atoms with van der Waals surface area (Å²) in [6, 6.07) is 68.5. The normalized spacial score (nSPS) is 11.6. The van der Waals surface area contributed by atoms with E-state index >= 15 is 0 Å². The molecule has 4 nitrogen and oxygen atoms in total. The molecule has 11 aromatic rings. The molecular formula is C51H32N2O2. The molecule has 9 aromatic carbocycles. The molecule has 0 unspecified atom stereocenters. The van der Waals surface area contributed by atoms with Gasteiger partial charge in [0.2, 0.25) is 5.89 Å². The second-order valence-corrected chi connectivity index (χ2v) is 14.0. The van der Waals surface area contributed by atoms with Gasteiger partial charge in [-0.3, -0.25) is 0 Å². The maximum atomic E-state index is 6.33. The van der Waals surface area contributed by atoms with Gasteiger partial charge in [-0.2, -0.15) is 0 Å². The molecule has 0 saturated heterocycles. The number of oxazole rings is 1. The van der Waals surface area contributed by atoms with E-state index in [-0.39, 0.29) is 0 Å². The summed E-state index contributed by atoms with van der Waals surface area (Å²) in [5.41, 5.74) is 12.0. The van der Waals surface area contributed by atoms with Crippen LogP contribution < -0.4 is 4.90 Å². The smallest absolute Gasteiger partial charge is 0.227 e. The van der Waals surface area contributed by atoms with E-state index < -0.39 is 0 Å². The molecule has 55 heavy (non-hydrogen) atoms. The zero-order chi connectivity index (χ0) is 36.3. The largest absolute Gasteiger partial charge is 0.456 e. The van der Waals surface area contributed by atoms with Crippen molar-refractivity contribution >= 4 is 71.6 Å². The Morgan fingerprint density at radius 2 is 0.982 bits per heavy atom. The van der Waals surface area contributed by atoms with E-state index in [4.69, 9.17) is 13.8 Å². The number of anilines is 3. The van der Waals surface area contributed by atoms with Gasteiger partial charge in [0.25, 0.3) is 0 Å². The molecular weight excluding hydrogens is 673 g/mol. The molecule has 2 aromatic heterocycles. The summed E-state index contributed by atoms with van der Waals surface area (Å²) in [4.78, 5) is 7.15. The highest BCUT2D eigenvalue weighted by atomic mass is 16.4. The number of rotatable bonds is 6. The third kappa shape index (κ3) is 5.34. The molecule has 0 fully saturated rings. The zero-order valence-corrected chi connectivity index (χ0v) is 29.7. The van der Waals surface area contributed by atoms with Crippen LogP contribution >= 0.6 is 0 Å². The van der Waals surface area contributed by atoms with E-state index in [1.165, 1.54) is 32.7 Å². The summed E-state index contributed by atoms with van der Waals surface area (Å²) in [7, 11) is 0. The van der Waals surface area contributed by atoms with Crippen LogP contribution in [0, 0.1) is 0 Å². The van der Waals surface area contributed by atoms with Crippen molar-refractivity contribution in [3.05, 3.63) is 194 Å². The number of aromatic nitrogens is 1. The van der Waals surface area contributed by atoms with Crippen molar-refractivity contribution in [2.75, 3.05) is 4.90 Å². The van der Waals surface area contributed by atoms with E-state index in [1.807, 2.05) is 36.4 Å². The predicted octanol–water partition coefficient (Wildman–Crippen LogP) is 14.5. The van der Waals surface area contributed by atoms with Crippen molar-refractivity contribution in [1.29, 1.82) is 0 Å². The number of nitrogens with zero attached hydrogens (tertiary/aromatic N) is 2. The fourth-order valence-electron chi connectivity index (χ4n) is 7.99. The highest BCUT2D eigenvalue weighted by molar-refractivity contribution is 6.15. The van der Waals surface area contributed by atoms with Crippen molar-refractivity contribution < 1.29 is 8.83 Å². The van der Waals surface area contributed by atoms with Crippen LogP contribution in [0.3, 0.4) is 0 Å². The highest BCUT2D eigenvalue weighted by Gasteiger charge is 2.19. The van der Waals surface area contributed by atoms with Crippen LogP contribution in [0.5, 0.6) is 0 Å². The minimum Gasteiger partial charge on any atom is -0.456 e. The molecule has 0 amide bonds. The fourth-order valence-corrected chi connectivity index (χ4v) is 7.99. The number of hydrogen-bond acceptors (Lipinski definition) is 4. The van der Waals surface area contributed by atoms with Gasteiger partial charge in [-0.05, 0) is 99.1 Å². The van der Waals surface area contributed by atoms with Gasteiger partial charge in [-0.15, -0.1) is 0 Å². The van der Waals surface area contributed by atoms with Crippen molar-refractivity contribution in [2.24, 2.45) is 0 Å². The summed E-state index contributed by atoms with van der Waals surface area (Å²) in [6.07, 6.45) is 0. The third-order valence-corrected chi connectivity index (χ3v) is 10.7. The Morgan fingerprint density at radius 1 is 0.345 bits per heavy atom. The van der Waals surface area contributed by atoms with E-state index in [0.717, 1.165) is 66.8 Å². The quantitative estimate of drug-likeness (QED) is 0.162. The molecule has 0 aliphatic carbocycles. The van der Waals surface area contributed by atoms with Crippen molar-refractivity contribution in [3.63, 3.8) is 0 Å². The van der Waals surface area contributed by atoms with E-state index in [9.17, 15) is 0 Å². The Labute approximate surface area is 317 Å². The van der Waals surface area contributed by atoms with Gasteiger partial charge in [-0.25, -0.2) is 4.98 Å². The van der Waals surface area contributed by atoms with Crippen LogP contribution in [0.4, 0.5) is 17.1 Å². The number of fused-ring (bicyclic) bond motifs is 7. The minimum atomic E-state index is 0.603. The Bertz CT molecular complexity index is 3200. The molecule has 0 spiro atoms. The first kappa shape index (κ1) is 31.1. The molecule has 11 rings (SSSR count). The van der Waals surface area contributed by atoms with Gasteiger partial charge >= 0.3 is 0 Å². The second-order valence-electron chi connectivity index (χ2n) is 14.0. The lowest BCUT2D eigenvalue weighted by atomic mass is 9.98. The minimum absolute atomic E-state index is 0.603. The SMILES string of the molecule is c1ccc(-c2cccc(N(c3ccc(-c4ccc5oc6cc7nc(-c8ccccc8)oc7cc6c5c4)cc3)c3cc4ccccc4c4ccccc34)c2)cc1. The highest BCUT2D eigenvalue weighted by Crippen LogP contribution is 2.44. The van der Waals surface area contributed by atoms with Gasteiger partial charge in [0.05, 0.1) is 5.69 Å². The topological polar surface area (TPSA) is 42.4 Å². The Morgan fingerprint density at radius 3 is 1.80 bits per heavy atom. The van der Waals surface area contributed by atoms with E-state index in [1.54, 1.807) is 0 Å². The van der Waals surface area contributed by atoms with Gasteiger partial charge in [-0.1, -0.05) is 127 Å². The van der Waals surface area contributed by atoms with Crippen LogP contribution in [-0.2, 0) is 0 Å². The third-order valence-electron chi connectivity index (χ3n) is 10.7. The first-order chi connectivity index (χ1) is 27.2. The molecule has 2 heterocycles. The number of hydrogen-bond donors (Lipinski definition) is 0. The average Bonchev–Trinajstić information content (AvgIpc) is 3.84. The van der Waals surface area contributed by atoms with Crippen LogP contribution in [0.15, 0.2) is 203 Å². The fraction of sp³-hybridized carbons (Fsp3) is 0. The first-order valence-corrected chi connectivity index (χ1v) is 18.5. The molecule has 4 heteroatoms. The van der Waals surface area contributed by atoms with E-state index in [2.05, 4.69) is 163 Å². The van der Waals surface area contributed by atoms with Crippen molar-refractivity contribution in [2.45, 2.75) is 0 Å². The Hall–Kier alpha value is -7.43. The zero-order valence-electron chi connectivity index (χ0n) is 29.7. The second kappa shape index (κ2) is 12.6. The lowest BCUT2D eigenvalue weighted by molar-refractivity contribution is 0.620. The molecule has 0 bridgehead atoms. The van der Waals surface area contributed by atoms with Crippen LogP contribution in [0.1, 0.15) is 0 Å². The average molecular weight is 705 g/mol. The summed E-state index contributed by atoms with van der Waals surface area (Å²) in [5, 5.41) is 6.93. The molecule has 0 radical (unpaired) electrons. The Kier molecular flexibility index (Phi) is 7.14. The van der Waals surface area contributed by atoms with Crippen LogP contribution in [0.25, 0.3) is 88.3 Å². The van der Waals surface area contributed by atoms with Gasteiger partial charge in [0.1, 0.15) is 16.7 Å². The summed E-state index contributed by atoms with van der Waals surface area (Å²) in [6.45, 7) is 0. The maximum absolute atomic E-state index is 6.33. The lowest BCUT2D eigenvalue weighted by Crippen LogP contribution is -2.10. The molecule has 0 aliphatic rings. The molecule has 0 atom stereocenters. The van der Waals surface area contributed by atoms with Crippen molar-refractivity contribution in [3.8, 4) is 33.7 Å². The van der Waals surface area contributed by atoms with Crippen molar-refractivity contribution in [1.82, 2.24) is 4.98 Å². The lowest BCUT2D eigenvalue weighted by Gasteiger charge is -2.28. The van der Waals surface area contributed by atoms with Crippen LogP contribution in [-0.4, -0.2) is 4.98 Å². The summed E-state index contributed by atoms with van der Waals surface area (Å²) >= 11 is 0. The molecule has 0 saturated carbocycles. The van der Waals surface area contributed by atoms with Gasteiger partial charge < -0.3 is 13.7 Å². The predicted molar refractivity (Wildman–Crippen MR) is 227 cm³/mol. The summed E-state index contributed by atoms with van der Waals surface area (Å²) in [5.74, 6) is 0.603. The monoisotopic (exact) mass is 704 g/mol. The number of furan rings is 1.